The Morgan fingerprint density at radius 2 is 2.00 bits per heavy atom. The highest BCUT2D eigenvalue weighted by Crippen LogP contribution is 2.25. The molecule has 0 unspecified atom stereocenters. The average Bonchev–Trinajstić information content (AvgIpc) is 2.30. The van der Waals surface area contributed by atoms with E-state index in [1.165, 1.54) is 31.9 Å². The van der Waals surface area contributed by atoms with Crippen LogP contribution in [0.3, 0.4) is 0 Å². The summed E-state index contributed by atoms with van der Waals surface area (Å²) in [7, 11) is 0. The molecule has 3 heteroatoms. The van der Waals surface area contributed by atoms with Crippen molar-refractivity contribution in [2.75, 3.05) is 16.8 Å². The standard InChI is InChI=1S/C14H20N2O/c1-11-5-3-4-10-16(11)14-8-6-13(7-9-14)15-12(2)17/h6-9,11H,3-5,10H2,1-2H3,(H,15,17)/t11-/m0/s1. The lowest BCUT2D eigenvalue weighted by molar-refractivity contribution is -0.114. The van der Waals surface area contributed by atoms with E-state index in [4.69, 9.17) is 0 Å². The van der Waals surface area contributed by atoms with Crippen molar-refractivity contribution in [1.82, 2.24) is 0 Å². The first-order valence-electron chi connectivity index (χ1n) is 6.31. The van der Waals surface area contributed by atoms with Crippen molar-refractivity contribution >= 4 is 17.3 Å². The summed E-state index contributed by atoms with van der Waals surface area (Å²) >= 11 is 0. The maximum absolute atomic E-state index is 10.9. The molecule has 0 saturated carbocycles. The van der Waals surface area contributed by atoms with E-state index >= 15 is 0 Å². The highest BCUT2D eigenvalue weighted by atomic mass is 16.1. The molecule has 1 aliphatic heterocycles. The Morgan fingerprint density at radius 3 is 2.59 bits per heavy atom. The number of nitrogens with one attached hydrogen (secondary N) is 1. The maximum atomic E-state index is 10.9. The summed E-state index contributed by atoms with van der Waals surface area (Å²) in [6.07, 6.45) is 3.88. The summed E-state index contributed by atoms with van der Waals surface area (Å²) in [6.45, 7) is 4.95. The molecule has 0 spiro atoms. The lowest BCUT2D eigenvalue weighted by Crippen LogP contribution is -2.37. The van der Waals surface area contributed by atoms with Gasteiger partial charge in [0.15, 0.2) is 0 Å². The van der Waals surface area contributed by atoms with Crippen LogP contribution in [0, 0.1) is 0 Å². The van der Waals surface area contributed by atoms with Crippen molar-refractivity contribution < 1.29 is 4.79 Å². The van der Waals surface area contributed by atoms with Crippen LogP contribution in [0.25, 0.3) is 0 Å². The Labute approximate surface area is 103 Å². The van der Waals surface area contributed by atoms with E-state index in [1.54, 1.807) is 0 Å². The summed E-state index contributed by atoms with van der Waals surface area (Å²) < 4.78 is 0. The number of hydrogen-bond donors (Lipinski definition) is 1. The van der Waals surface area contributed by atoms with Crippen LogP contribution in [0.2, 0.25) is 0 Å². The van der Waals surface area contributed by atoms with Gasteiger partial charge in [-0.3, -0.25) is 4.79 Å². The minimum Gasteiger partial charge on any atom is -0.369 e. The van der Waals surface area contributed by atoms with Gasteiger partial charge in [-0.1, -0.05) is 0 Å². The number of rotatable bonds is 2. The van der Waals surface area contributed by atoms with Gasteiger partial charge in [-0.25, -0.2) is 0 Å². The Kier molecular flexibility index (Phi) is 3.67. The van der Waals surface area contributed by atoms with Crippen molar-refractivity contribution in [1.29, 1.82) is 0 Å². The molecule has 1 aromatic carbocycles. The second kappa shape index (κ2) is 5.21. The van der Waals surface area contributed by atoms with Gasteiger partial charge in [0, 0.05) is 30.9 Å². The van der Waals surface area contributed by atoms with Crippen LogP contribution in [0.1, 0.15) is 33.1 Å². The number of piperidine rings is 1. The van der Waals surface area contributed by atoms with Gasteiger partial charge in [0.2, 0.25) is 5.91 Å². The number of carbonyl (C=O) groups is 1. The largest absolute Gasteiger partial charge is 0.369 e. The fourth-order valence-electron chi connectivity index (χ4n) is 2.42. The molecule has 1 N–H and O–H groups in total. The number of benzene rings is 1. The summed E-state index contributed by atoms with van der Waals surface area (Å²) in [5, 5.41) is 2.79. The van der Waals surface area contributed by atoms with E-state index in [9.17, 15) is 4.79 Å². The normalized spacial score (nSPS) is 20.1. The third-order valence-corrected chi connectivity index (χ3v) is 3.32. The van der Waals surface area contributed by atoms with Gasteiger partial charge < -0.3 is 10.2 Å². The van der Waals surface area contributed by atoms with Crippen LogP contribution >= 0.6 is 0 Å². The molecule has 0 bridgehead atoms. The molecule has 1 heterocycles. The highest BCUT2D eigenvalue weighted by Gasteiger charge is 2.18. The van der Waals surface area contributed by atoms with E-state index in [0.29, 0.717) is 6.04 Å². The molecule has 1 fully saturated rings. The summed E-state index contributed by atoms with van der Waals surface area (Å²) in [5.41, 5.74) is 2.12. The molecule has 1 aliphatic rings. The van der Waals surface area contributed by atoms with E-state index in [1.807, 2.05) is 12.1 Å². The SMILES string of the molecule is CC(=O)Nc1ccc(N2CCCC[C@@H]2C)cc1. The number of anilines is 2. The summed E-state index contributed by atoms with van der Waals surface area (Å²) in [6, 6.07) is 8.74. The average molecular weight is 232 g/mol. The van der Waals surface area contributed by atoms with Crippen molar-refractivity contribution in [3.05, 3.63) is 24.3 Å². The second-order valence-corrected chi connectivity index (χ2v) is 4.77. The Bertz CT molecular complexity index is 386. The van der Waals surface area contributed by atoms with E-state index < -0.39 is 0 Å². The Balaban J connectivity index is 2.08. The van der Waals surface area contributed by atoms with Crippen molar-refractivity contribution in [3.8, 4) is 0 Å². The van der Waals surface area contributed by atoms with Gasteiger partial charge in [-0.2, -0.15) is 0 Å². The predicted octanol–water partition coefficient (Wildman–Crippen LogP) is 3.02. The zero-order valence-electron chi connectivity index (χ0n) is 10.6. The quantitative estimate of drug-likeness (QED) is 0.850. The zero-order chi connectivity index (χ0) is 12.3. The fourth-order valence-corrected chi connectivity index (χ4v) is 2.42. The lowest BCUT2D eigenvalue weighted by atomic mass is 10.0. The van der Waals surface area contributed by atoms with Crippen LogP contribution in [0.5, 0.6) is 0 Å². The Morgan fingerprint density at radius 1 is 1.29 bits per heavy atom. The summed E-state index contributed by atoms with van der Waals surface area (Å²) in [5.74, 6) is -0.0240. The van der Waals surface area contributed by atoms with Gasteiger partial charge in [0.25, 0.3) is 0 Å². The van der Waals surface area contributed by atoms with Crippen LogP contribution in [-0.2, 0) is 4.79 Å². The predicted molar refractivity (Wildman–Crippen MR) is 71.4 cm³/mol. The van der Waals surface area contributed by atoms with Gasteiger partial charge in [-0.05, 0) is 50.5 Å². The van der Waals surface area contributed by atoms with Gasteiger partial charge in [-0.15, -0.1) is 0 Å². The third-order valence-electron chi connectivity index (χ3n) is 3.32. The third kappa shape index (κ3) is 2.99. The molecule has 1 amide bonds. The molecule has 1 aromatic rings. The van der Waals surface area contributed by atoms with Crippen LogP contribution < -0.4 is 10.2 Å². The molecule has 0 aliphatic carbocycles. The molecule has 17 heavy (non-hydrogen) atoms. The van der Waals surface area contributed by atoms with Crippen LogP contribution in [0.4, 0.5) is 11.4 Å². The minimum absolute atomic E-state index is 0.0240. The molecule has 0 aromatic heterocycles. The molecule has 0 radical (unpaired) electrons. The van der Waals surface area contributed by atoms with Crippen molar-refractivity contribution in [2.45, 2.75) is 39.2 Å². The van der Waals surface area contributed by atoms with Gasteiger partial charge in [0.05, 0.1) is 0 Å². The molecular weight excluding hydrogens is 212 g/mol. The second-order valence-electron chi connectivity index (χ2n) is 4.77. The minimum atomic E-state index is -0.0240. The van der Waals surface area contributed by atoms with Crippen molar-refractivity contribution in [3.63, 3.8) is 0 Å². The Hall–Kier alpha value is -1.51. The number of carbonyl (C=O) groups excluding carboxylic acids is 1. The number of hydrogen-bond acceptors (Lipinski definition) is 2. The first-order chi connectivity index (χ1) is 8.16. The number of nitrogens with zero attached hydrogens (tertiary/aromatic N) is 1. The molecular formula is C14H20N2O. The highest BCUT2D eigenvalue weighted by molar-refractivity contribution is 5.88. The first-order valence-corrected chi connectivity index (χ1v) is 6.31. The topological polar surface area (TPSA) is 32.3 Å². The fraction of sp³-hybridized carbons (Fsp3) is 0.500. The molecule has 1 saturated heterocycles. The van der Waals surface area contributed by atoms with Crippen LogP contribution in [-0.4, -0.2) is 18.5 Å². The maximum Gasteiger partial charge on any atom is 0.221 e. The first kappa shape index (κ1) is 12.0. The van der Waals surface area contributed by atoms with E-state index in [-0.39, 0.29) is 5.91 Å². The van der Waals surface area contributed by atoms with Crippen molar-refractivity contribution in [2.24, 2.45) is 0 Å². The van der Waals surface area contributed by atoms with E-state index in [0.717, 1.165) is 12.2 Å². The lowest BCUT2D eigenvalue weighted by Gasteiger charge is -2.35. The molecule has 1 atom stereocenters. The van der Waals surface area contributed by atoms with E-state index in [2.05, 4.69) is 29.3 Å². The smallest absolute Gasteiger partial charge is 0.221 e. The van der Waals surface area contributed by atoms with Gasteiger partial charge in [0.1, 0.15) is 0 Å². The van der Waals surface area contributed by atoms with Crippen LogP contribution in [0.15, 0.2) is 24.3 Å². The molecule has 92 valence electrons. The molecule has 3 nitrogen and oxygen atoms in total. The monoisotopic (exact) mass is 232 g/mol. The zero-order valence-corrected chi connectivity index (χ0v) is 10.6. The van der Waals surface area contributed by atoms with Gasteiger partial charge >= 0.3 is 0 Å². The number of amides is 1. The summed E-state index contributed by atoms with van der Waals surface area (Å²) in [4.78, 5) is 13.4. The molecule has 2 rings (SSSR count).